The smallest absolute Gasteiger partial charge is 0.264 e. The fourth-order valence-electron chi connectivity index (χ4n) is 5.75. The molecule has 0 radical (unpaired) electrons. The summed E-state index contributed by atoms with van der Waals surface area (Å²) in [5.74, 6) is -0.709. The Balaban J connectivity index is 1.48. The molecule has 252 valence electrons. The van der Waals surface area contributed by atoms with E-state index in [1.807, 2.05) is 91.2 Å². The third-order valence-corrected chi connectivity index (χ3v) is 9.77. The lowest BCUT2D eigenvalue weighted by Crippen LogP contribution is -2.59. The van der Waals surface area contributed by atoms with E-state index >= 15 is 0 Å². The highest BCUT2D eigenvalue weighted by molar-refractivity contribution is 7.15. The Hall–Kier alpha value is -4.02. The van der Waals surface area contributed by atoms with Gasteiger partial charge >= 0.3 is 0 Å². The number of likely N-dealkylation sites (N-methyl/N-ethyl adjacent to an activating group) is 1. The highest BCUT2D eigenvalue weighted by atomic mass is 32.1. The van der Waals surface area contributed by atoms with Crippen molar-refractivity contribution in [1.82, 2.24) is 25.8 Å². The van der Waals surface area contributed by atoms with E-state index in [0.29, 0.717) is 42.4 Å². The molecule has 4 amide bonds. The third-order valence-electron chi connectivity index (χ3n) is 8.70. The van der Waals surface area contributed by atoms with Gasteiger partial charge in [0.2, 0.25) is 11.8 Å². The number of carbonyl (C=O) groups is 4. The SMILES string of the molecule is CN[C@@H](C)C(=O)N[C@H](C(=O)N1CCC[C@H]1CN(CCc1ccccc1)C(=O)c1ccc(C(=O)NCCc2ccccc2)s1)C(C)(C)C. The van der Waals surface area contributed by atoms with Crippen LogP contribution < -0.4 is 16.0 Å². The first kappa shape index (κ1) is 35.8. The number of hydrogen-bond acceptors (Lipinski definition) is 6. The van der Waals surface area contributed by atoms with E-state index in [0.717, 1.165) is 30.4 Å². The zero-order valence-electron chi connectivity index (χ0n) is 28.3. The van der Waals surface area contributed by atoms with E-state index in [1.54, 1.807) is 26.1 Å². The highest BCUT2D eigenvalue weighted by Crippen LogP contribution is 2.27. The number of thiophene rings is 1. The van der Waals surface area contributed by atoms with Crippen molar-refractivity contribution in [2.75, 3.05) is 33.2 Å². The maximum Gasteiger partial charge on any atom is 0.264 e. The van der Waals surface area contributed by atoms with Gasteiger partial charge in [-0.1, -0.05) is 81.4 Å². The van der Waals surface area contributed by atoms with Gasteiger partial charge in [0.25, 0.3) is 11.8 Å². The van der Waals surface area contributed by atoms with Crippen molar-refractivity contribution in [1.29, 1.82) is 0 Å². The van der Waals surface area contributed by atoms with Gasteiger partial charge < -0.3 is 25.8 Å². The van der Waals surface area contributed by atoms with Gasteiger partial charge in [0.05, 0.1) is 15.8 Å². The van der Waals surface area contributed by atoms with Crippen LogP contribution in [0, 0.1) is 5.41 Å². The number of amides is 4. The first-order valence-corrected chi connectivity index (χ1v) is 17.3. The van der Waals surface area contributed by atoms with E-state index < -0.39 is 17.5 Å². The molecule has 2 heterocycles. The molecule has 0 bridgehead atoms. The second kappa shape index (κ2) is 16.7. The average Bonchev–Trinajstić information content (AvgIpc) is 3.75. The summed E-state index contributed by atoms with van der Waals surface area (Å²) in [6.45, 7) is 9.52. The Labute approximate surface area is 283 Å². The molecule has 1 aromatic heterocycles. The lowest BCUT2D eigenvalue weighted by atomic mass is 9.85. The summed E-state index contributed by atoms with van der Waals surface area (Å²) in [4.78, 5) is 58.5. The minimum absolute atomic E-state index is 0.127. The van der Waals surface area contributed by atoms with Gasteiger partial charge in [-0.3, -0.25) is 19.2 Å². The van der Waals surface area contributed by atoms with Crippen LogP contribution in [-0.4, -0.2) is 84.8 Å². The molecule has 4 rings (SSSR count). The van der Waals surface area contributed by atoms with Crippen LogP contribution >= 0.6 is 11.3 Å². The minimum atomic E-state index is -0.708. The zero-order chi connectivity index (χ0) is 34.0. The molecule has 3 atom stereocenters. The Kier molecular flexibility index (Phi) is 12.7. The molecule has 1 aliphatic rings. The molecule has 10 heteroatoms. The molecular weight excluding hydrogens is 611 g/mol. The van der Waals surface area contributed by atoms with Crippen LogP contribution in [0.15, 0.2) is 72.8 Å². The lowest BCUT2D eigenvalue weighted by Gasteiger charge is -2.37. The number of rotatable bonds is 14. The van der Waals surface area contributed by atoms with Crippen molar-refractivity contribution >= 4 is 35.0 Å². The summed E-state index contributed by atoms with van der Waals surface area (Å²) in [7, 11) is 1.71. The van der Waals surface area contributed by atoms with Gasteiger partial charge in [-0.25, -0.2) is 0 Å². The van der Waals surface area contributed by atoms with Gasteiger partial charge in [-0.05, 0) is 68.3 Å². The fraction of sp³-hybridized carbons (Fsp3) is 0.459. The molecular formula is C37H49N5O4S. The average molecular weight is 660 g/mol. The van der Waals surface area contributed by atoms with Gasteiger partial charge in [0.1, 0.15) is 6.04 Å². The van der Waals surface area contributed by atoms with Crippen molar-refractivity contribution in [3.05, 3.63) is 93.7 Å². The molecule has 3 aromatic rings. The molecule has 1 fully saturated rings. The number of nitrogens with one attached hydrogen (secondary N) is 3. The molecule has 0 unspecified atom stereocenters. The van der Waals surface area contributed by atoms with Crippen LogP contribution in [0.25, 0.3) is 0 Å². The zero-order valence-corrected chi connectivity index (χ0v) is 29.1. The minimum Gasteiger partial charge on any atom is -0.351 e. The number of likely N-dealkylation sites (tertiary alicyclic amines) is 1. The van der Waals surface area contributed by atoms with Gasteiger partial charge in [-0.15, -0.1) is 11.3 Å². The van der Waals surface area contributed by atoms with Gasteiger partial charge in [0.15, 0.2) is 0 Å². The molecule has 9 nitrogen and oxygen atoms in total. The van der Waals surface area contributed by atoms with Crippen LogP contribution in [-0.2, 0) is 22.4 Å². The van der Waals surface area contributed by atoms with Crippen LogP contribution in [0.2, 0.25) is 0 Å². The van der Waals surface area contributed by atoms with E-state index in [2.05, 4.69) is 16.0 Å². The largest absolute Gasteiger partial charge is 0.351 e. The molecule has 47 heavy (non-hydrogen) atoms. The molecule has 1 aliphatic heterocycles. The van der Waals surface area contributed by atoms with Gasteiger partial charge in [-0.2, -0.15) is 0 Å². The fourth-order valence-corrected chi connectivity index (χ4v) is 6.64. The van der Waals surface area contributed by atoms with E-state index in [-0.39, 0.29) is 29.7 Å². The van der Waals surface area contributed by atoms with Crippen molar-refractivity contribution in [2.24, 2.45) is 5.41 Å². The predicted molar refractivity (Wildman–Crippen MR) is 187 cm³/mol. The van der Waals surface area contributed by atoms with Crippen molar-refractivity contribution in [2.45, 2.75) is 71.5 Å². The van der Waals surface area contributed by atoms with Crippen LogP contribution in [0.1, 0.15) is 71.0 Å². The maximum absolute atomic E-state index is 14.0. The van der Waals surface area contributed by atoms with Crippen molar-refractivity contribution in [3.8, 4) is 0 Å². The lowest BCUT2D eigenvalue weighted by molar-refractivity contribution is -0.140. The van der Waals surface area contributed by atoms with E-state index in [1.165, 1.54) is 11.3 Å². The Morgan fingerprint density at radius 3 is 2.15 bits per heavy atom. The molecule has 0 spiro atoms. The summed E-state index contributed by atoms with van der Waals surface area (Å²) >= 11 is 1.19. The van der Waals surface area contributed by atoms with Gasteiger partial charge in [0, 0.05) is 32.2 Å². The maximum atomic E-state index is 14.0. The molecule has 0 saturated carbocycles. The molecule has 2 aromatic carbocycles. The number of carbonyl (C=O) groups excluding carboxylic acids is 4. The number of benzene rings is 2. The molecule has 3 N–H and O–H groups in total. The van der Waals surface area contributed by atoms with Crippen LogP contribution in [0.5, 0.6) is 0 Å². The molecule has 0 aliphatic carbocycles. The second-order valence-electron chi connectivity index (χ2n) is 13.3. The van der Waals surface area contributed by atoms with Crippen molar-refractivity contribution < 1.29 is 19.2 Å². The second-order valence-corrected chi connectivity index (χ2v) is 14.4. The monoisotopic (exact) mass is 659 g/mol. The summed E-state index contributed by atoms with van der Waals surface area (Å²) < 4.78 is 0. The van der Waals surface area contributed by atoms with E-state index in [9.17, 15) is 19.2 Å². The molecule has 1 saturated heterocycles. The quantitative estimate of drug-likeness (QED) is 0.236. The Bertz CT molecular complexity index is 1490. The summed E-state index contributed by atoms with van der Waals surface area (Å²) in [6.07, 6.45) is 2.97. The number of nitrogens with zero attached hydrogens (tertiary/aromatic N) is 2. The Morgan fingerprint density at radius 1 is 0.915 bits per heavy atom. The standard InChI is InChI=1S/C37H49N5O4S/c1-26(38-5)33(43)40-32(37(2,3)4)36(46)42-23-12-17-29(42)25-41(24-21-28-15-10-7-11-16-28)35(45)31-19-18-30(47-31)34(44)39-22-20-27-13-8-6-9-14-27/h6-11,13-16,18-19,26,29,32,38H,12,17,20-25H2,1-5H3,(H,39,44)(H,40,43)/t26-,29-,32+/m0/s1. The first-order valence-electron chi connectivity index (χ1n) is 16.5. The highest BCUT2D eigenvalue weighted by Gasteiger charge is 2.41. The summed E-state index contributed by atoms with van der Waals surface area (Å²) in [5.41, 5.74) is 1.75. The van der Waals surface area contributed by atoms with Crippen molar-refractivity contribution in [3.63, 3.8) is 0 Å². The predicted octanol–water partition coefficient (Wildman–Crippen LogP) is 4.54. The summed E-state index contributed by atoms with van der Waals surface area (Å²) in [5, 5.41) is 8.89. The summed E-state index contributed by atoms with van der Waals surface area (Å²) in [6, 6.07) is 22.1. The van der Waals surface area contributed by atoms with E-state index in [4.69, 9.17) is 0 Å². The van der Waals surface area contributed by atoms with Crippen LogP contribution in [0.4, 0.5) is 0 Å². The first-order chi connectivity index (χ1) is 22.5. The van der Waals surface area contributed by atoms with Crippen LogP contribution in [0.3, 0.4) is 0 Å². The number of hydrogen-bond donors (Lipinski definition) is 3. The Morgan fingerprint density at radius 2 is 1.53 bits per heavy atom. The normalized spacial score (nSPS) is 15.9. The topological polar surface area (TPSA) is 111 Å². The third kappa shape index (κ3) is 9.98.